The van der Waals surface area contributed by atoms with Crippen LogP contribution in [0.5, 0.6) is 0 Å². The lowest BCUT2D eigenvalue weighted by atomic mass is 10.2. The van der Waals surface area contributed by atoms with Crippen LogP contribution in [0, 0.1) is 0 Å². The summed E-state index contributed by atoms with van der Waals surface area (Å²) in [5.41, 5.74) is 0.644. The van der Waals surface area contributed by atoms with Gasteiger partial charge in [0.25, 0.3) is 5.56 Å². The van der Waals surface area contributed by atoms with E-state index in [0.29, 0.717) is 11.2 Å². The predicted molar refractivity (Wildman–Crippen MR) is 91.8 cm³/mol. The molecule has 0 amide bonds. The maximum absolute atomic E-state index is 12.1. The molecule has 1 fully saturated rings. The largest absolute Gasteiger partial charge is 0.358 e. The summed E-state index contributed by atoms with van der Waals surface area (Å²) in [5.74, 6) is 0.685. The lowest BCUT2D eigenvalue weighted by molar-refractivity contribution is 0.539. The second-order valence-electron chi connectivity index (χ2n) is 5.19. The number of hydrogen-bond donors (Lipinski definition) is 1. The Balaban J connectivity index is 1.82. The highest BCUT2D eigenvalue weighted by Crippen LogP contribution is 2.29. The molecule has 1 saturated heterocycles. The van der Waals surface area contributed by atoms with E-state index in [1.807, 2.05) is 25.1 Å². The summed E-state index contributed by atoms with van der Waals surface area (Å²) < 4.78 is 0.899. The number of thiocarbonyl (C=S) groups is 1. The lowest BCUT2D eigenvalue weighted by Gasteiger charge is -2.20. The Hall–Kier alpha value is -1.40. The van der Waals surface area contributed by atoms with Gasteiger partial charge in [0.1, 0.15) is 10.1 Å². The zero-order valence-corrected chi connectivity index (χ0v) is 13.5. The normalized spacial score (nSPS) is 16.3. The molecule has 1 atom stereocenters. The number of thioether (sulfide) groups is 1. The second kappa shape index (κ2) is 6.15. The Bertz CT molecular complexity index is 722. The van der Waals surface area contributed by atoms with Gasteiger partial charge in [0.05, 0.1) is 16.2 Å². The fourth-order valence-corrected chi connectivity index (χ4v) is 3.95. The van der Waals surface area contributed by atoms with Crippen molar-refractivity contribution in [2.75, 3.05) is 13.1 Å². The number of H-pyrrole nitrogens is 1. The van der Waals surface area contributed by atoms with Crippen molar-refractivity contribution in [1.82, 2.24) is 14.9 Å². The third kappa shape index (κ3) is 3.11. The Labute approximate surface area is 133 Å². The van der Waals surface area contributed by atoms with Crippen molar-refractivity contribution in [3.05, 3.63) is 40.4 Å². The third-order valence-corrected chi connectivity index (χ3v) is 5.24. The number of aromatic nitrogens is 2. The summed E-state index contributed by atoms with van der Waals surface area (Å²) in [7, 11) is 0. The van der Waals surface area contributed by atoms with E-state index in [-0.39, 0.29) is 10.8 Å². The van der Waals surface area contributed by atoms with Crippen molar-refractivity contribution in [2.45, 2.75) is 25.0 Å². The highest BCUT2D eigenvalue weighted by Gasteiger charge is 2.19. The molecule has 0 unspecified atom stereocenters. The zero-order chi connectivity index (χ0) is 14.8. The van der Waals surface area contributed by atoms with E-state index in [0.717, 1.165) is 22.9 Å². The van der Waals surface area contributed by atoms with Crippen LogP contribution in [0.4, 0.5) is 0 Å². The van der Waals surface area contributed by atoms with Crippen LogP contribution in [-0.2, 0) is 0 Å². The van der Waals surface area contributed by atoms with Gasteiger partial charge in [-0.3, -0.25) is 4.79 Å². The van der Waals surface area contributed by atoms with E-state index in [2.05, 4.69) is 14.9 Å². The molecule has 1 N–H and O–H groups in total. The van der Waals surface area contributed by atoms with E-state index in [4.69, 9.17) is 12.2 Å². The molecule has 1 aliphatic rings. The van der Waals surface area contributed by atoms with Crippen molar-refractivity contribution in [1.29, 1.82) is 0 Å². The Morgan fingerprint density at radius 2 is 2.10 bits per heavy atom. The first kappa shape index (κ1) is 14.5. The van der Waals surface area contributed by atoms with Crippen LogP contribution in [0.1, 0.15) is 30.8 Å². The Morgan fingerprint density at radius 1 is 1.38 bits per heavy atom. The zero-order valence-electron chi connectivity index (χ0n) is 11.8. The number of likely N-dealkylation sites (tertiary alicyclic amines) is 1. The van der Waals surface area contributed by atoms with E-state index < -0.39 is 0 Å². The molecule has 0 aliphatic carbocycles. The summed E-state index contributed by atoms with van der Waals surface area (Å²) in [6.07, 6.45) is 2.42. The van der Waals surface area contributed by atoms with Crippen molar-refractivity contribution in [3.8, 4) is 0 Å². The molecule has 21 heavy (non-hydrogen) atoms. The van der Waals surface area contributed by atoms with Gasteiger partial charge in [-0.2, -0.15) is 0 Å². The second-order valence-corrected chi connectivity index (χ2v) is 7.16. The van der Waals surface area contributed by atoms with Crippen molar-refractivity contribution < 1.29 is 0 Å². The molecule has 1 aromatic heterocycles. The van der Waals surface area contributed by atoms with Gasteiger partial charge in [-0.25, -0.2) is 4.98 Å². The first-order valence-electron chi connectivity index (χ1n) is 7.09. The number of nitrogens with one attached hydrogen (secondary N) is 1. The van der Waals surface area contributed by atoms with Crippen LogP contribution in [0.15, 0.2) is 29.1 Å². The lowest BCUT2D eigenvalue weighted by Crippen LogP contribution is -2.24. The van der Waals surface area contributed by atoms with Gasteiger partial charge in [-0.15, -0.1) is 0 Å². The van der Waals surface area contributed by atoms with E-state index in [9.17, 15) is 4.79 Å². The van der Waals surface area contributed by atoms with Gasteiger partial charge in [0.2, 0.25) is 0 Å². The van der Waals surface area contributed by atoms with Crippen LogP contribution in [-0.4, -0.2) is 32.3 Å². The van der Waals surface area contributed by atoms with E-state index in [1.165, 1.54) is 12.8 Å². The molecule has 0 bridgehead atoms. The summed E-state index contributed by atoms with van der Waals surface area (Å²) in [6.45, 7) is 4.11. The molecule has 2 heterocycles. The molecule has 4 nitrogen and oxygen atoms in total. The minimum atomic E-state index is -0.0878. The number of hydrogen-bond acceptors (Lipinski definition) is 4. The number of fused-ring (bicyclic) bond motifs is 1. The summed E-state index contributed by atoms with van der Waals surface area (Å²) in [4.78, 5) is 21.8. The van der Waals surface area contributed by atoms with Gasteiger partial charge in [0, 0.05) is 13.1 Å². The highest BCUT2D eigenvalue weighted by molar-refractivity contribution is 8.23. The third-order valence-electron chi connectivity index (χ3n) is 3.66. The molecule has 0 radical (unpaired) electrons. The smallest absolute Gasteiger partial charge is 0.258 e. The standard InChI is InChI=1S/C15H17N3OS2/c1-10(21-15(20)18-8-4-5-9-18)13-16-12-7-3-2-6-11(12)14(19)17-13/h2-3,6-7,10H,4-5,8-9H2,1H3,(H,16,17,19)/t10-/m0/s1. The number of aromatic amines is 1. The molecule has 1 aliphatic heterocycles. The monoisotopic (exact) mass is 319 g/mol. The Kier molecular flexibility index (Phi) is 4.26. The first-order valence-corrected chi connectivity index (χ1v) is 8.38. The van der Waals surface area contributed by atoms with Crippen molar-refractivity contribution in [3.63, 3.8) is 0 Å². The average molecular weight is 319 g/mol. The molecule has 110 valence electrons. The van der Waals surface area contributed by atoms with E-state index in [1.54, 1.807) is 17.8 Å². The van der Waals surface area contributed by atoms with Crippen LogP contribution < -0.4 is 5.56 Å². The quantitative estimate of drug-likeness (QED) is 0.862. The molecule has 0 saturated carbocycles. The molecule has 0 spiro atoms. The fourth-order valence-electron chi connectivity index (χ4n) is 2.48. The van der Waals surface area contributed by atoms with Gasteiger partial charge in [-0.05, 0) is 31.9 Å². The van der Waals surface area contributed by atoms with Gasteiger partial charge < -0.3 is 9.88 Å². The topological polar surface area (TPSA) is 49.0 Å². The van der Waals surface area contributed by atoms with Crippen LogP contribution in [0.3, 0.4) is 0 Å². The molecule has 6 heteroatoms. The Morgan fingerprint density at radius 3 is 2.86 bits per heavy atom. The molecular formula is C15H17N3OS2. The molecule has 2 aromatic rings. The van der Waals surface area contributed by atoms with E-state index >= 15 is 0 Å². The van der Waals surface area contributed by atoms with Crippen LogP contribution in [0.25, 0.3) is 10.9 Å². The molecule has 3 rings (SSSR count). The van der Waals surface area contributed by atoms with Gasteiger partial charge in [0.15, 0.2) is 0 Å². The number of para-hydroxylation sites is 1. The molecule has 1 aromatic carbocycles. The van der Waals surface area contributed by atoms with Crippen LogP contribution in [0.2, 0.25) is 0 Å². The SMILES string of the molecule is C[C@H](SC(=S)N1CCCC1)c1nc2ccccc2c(=O)[nH]1. The number of rotatable bonds is 2. The fraction of sp³-hybridized carbons (Fsp3) is 0.400. The maximum atomic E-state index is 12.1. The molecular weight excluding hydrogens is 302 g/mol. The maximum Gasteiger partial charge on any atom is 0.258 e. The highest BCUT2D eigenvalue weighted by atomic mass is 32.2. The van der Waals surface area contributed by atoms with Gasteiger partial charge in [-0.1, -0.05) is 36.1 Å². The predicted octanol–water partition coefficient (Wildman–Crippen LogP) is 3.10. The van der Waals surface area contributed by atoms with Crippen molar-refractivity contribution in [2.24, 2.45) is 0 Å². The first-order chi connectivity index (χ1) is 10.1. The van der Waals surface area contributed by atoms with Gasteiger partial charge >= 0.3 is 0 Å². The average Bonchev–Trinajstić information content (AvgIpc) is 3.01. The summed E-state index contributed by atoms with van der Waals surface area (Å²) in [5, 5.41) is 0.663. The minimum absolute atomic E-state index is 0.0374. The number of nitrogens with zero attached hydrogens (tertiary/aromatic N) is 2. The minimum Gasteiger partial charge on any atom is -0.358 e. The van der Waals surface area contributed by atoms with Crippen molar-refractivity contribution >= 4 is 39.2 Å². The summed E-state index contributed by atoms with van der Waals surface area (Å²) >= 11 is 7.08. The van der Waals surface area contributed by atoms with Crippen LogP contribution >= 0.6 is 24.0 Å². The summed E-state index contributed by atoms with van der Waals surface area (Å²) in [6, 6.07) is 7.40. The number of benzene rings is 1.